The van der Waals surface area contributed by atoms with Crippen molar-refractivity contribution >= 4 is 12.0 Å². The number of aliphatic hydroxyl groups is 1. The number of hydrogen-bond donors (Lipinski definition) is 2. The number of amides is 1. The first-order chi connectivity index (χ1) is 9.56. The molecule has 110 valence electrons. The van der Waals surface area contributed by atoms with Gasteiger partial charge in [0.05, 0.1) is 13.7 Å². The summed E-state index contributed by atoms with van der Waals surface area (Å²) in [5.41, 5.74) is 0.586. The first-order valence-electron chi connectivity index (χ1n) is 5.76. The van der Waals surface area contributed by atoms with Gasteiger partial charge in [0.15, 0.2) is 11.5 Å². The van der Waals surface area contributed by atoms with Crippen molar-refractivity contribution in [2.24, 2.45) is 0 Å². The molecule has 0 unspecified atom stereocenters. The van der Waals surface area contributed by atoms with Crippen LogP contribution >= 0.6 is 0 Å². The van der Waals surface area contributed by atoms with Crippen LogP contribution in [0.4, 0.5) is 8.78 Å². The Morgan fingerprint density at radius 3 is 2.80 bits per heavy atom. The van der Waals surface area contributed by atoms with Gasteiger partial charge in [-0.25, -0.2) is 0 Å². The third kappa shape index (κ3) is 5.23. The van der Waals surface area contributed by atoms with Crippen LogP contribution < -0.4 is 14.8 Å². The Labute approximate surface area is 114 Å². The summed E-state index contributed by atoms with van der Waals surface area (Å²) in [7, 11) is 1.33. The minimum Gasteiger partial charge on any atom is -0.493 e. The van der Waals surface area contributed by atoms with Gasteiger partial charge in [-0.05, 0) is 23.8 Å². The zero-order valence-electron chi connectivity index (χ0n) is 10.8. The first kappa shape index (κ1) is 15.9. The van der Waals surface area contributed by atoms with E-state index < -0.39 is 6.61 Å². The van der Waals surface area contributed by atoms with E-state index in [2.05, 4.69) is 10.1 Å². The van der Waals surface area contributed by atoms with Gasteiger partial charge in [0.2, 0.25) is 5.91 Å². The van der Waals surface area contributed by atoms with E-state index in [-0.39, 0.29) is 30.6 Å². The summed E-state index contributed by atoms with van der Waals surface area (Å²) in [4.78, 5) is 11.3. The fourth-order valence-corrected chi connectivity index (χ4v) is 1.39. The van der Waals surface area contributed by atoms with E-state index in [0.29, 0.717) is 5.56 Å². The van der Waals surface area contributed by atoms with Gasteiger partial charge in [0.1, 0.15) is 0 Å². The van der Waals surface area contributed by atoms with Crippen LogP contribution in [-0.4, -0.2) is 37.9 Å². The van der Waals surface area contributed by atoms with Crippen LogP contribution in [0.1, 0.15) is 5.56 Å². The Morgan fingerprint density at radius 2 is 2.20 bits per heavy atom. The minimum atomic E-state index is -2.94. The van der Waals surface area contributed by atoms with Crippen molar-refractivity contribution in [3.63, 3.8) is 0 Å². The van der Waals surface area contributed by atoms with Crippen LogP contribution in [0.3, 0.4) is 0 Å². The molecule has 0 atom stereocenters. The molecule has 0 aromatic heterocycles. The largest absolute Gasteiger partial charge is 0.493 e. The van der Waals surface area contributed by atoms with Crippen molar-refractivity contribution in [2.75, 3.05) is 20.3 Å². The predicted molar refractivity (Wildman–Crippen MR) is 68.8 cm³/mol. The predicted octanol–water partition coefficient (Wildman–Crippen LogP) is 1.42. The van der Waals surface area contributed by atoms with Gasteiger partial charge in [-0.15, -0.1) is 0 Å². The summed E-state index contributed by atoms with van der Waals surface area (Å²) < 4.78 is 33.5. The van der Waals surface area contributed by atoms with E-state index in [4.69, 9.17) is 9.84 Å². The highest BCUT2D eigenvalue weighted by molar-refractivity contribution is 5.91. The maximum atomic E-state index is 12.1. The highest BCUT2D eigenvalue weighted by atomic mass is 19.3. The van der Waals surface area contributed by atoms with Crippen LogP contribution in [-0.2, 0) is 4.79 Å². The Kier molecular flexibility index (Phi) is 6.45. The molecule has 0 saturated carbocycles. The van der Waals surface area contributed by atoms with Crippen molar-refractivity contribution in [2.45, 2.75) is 6.61 Å². The summed E-state index contributed by atoms with van der Waals surface area (Å²) in [5.74, 6) is -0.307. The zero-order valence-corrected chi connectivity index (χ0v) is 10.8. The number of rotatable bonds is 7. The van der Waals surface area contributed by atoms with Crippen LogP contribution in [0.15, 0.2) is 24.3 Å². The summed E-state index contributed by atoms with van der Waals surface area (Å²) in [5, 5.41) is 11.0. The quantitative estimate of drug-likeness (QED) is 0.744. The third-order valence-electron chi connectivity index (χ3n) is 2.24. The molecule has 0 saturated heterocycles. The number of carbonyl (C=O) groups excluding carboxylic acids is 1. The smallest absolute Gasteiger partial charge is 0.387 e. The summed E-state index contributed by atoms with van der Waals surface area (Å²) >= 11 is 0. The number of benzene rings is 1. The highest BCUT2D eigenvalue weighted by Gasteiger charge is 2.10. The molecule has 1 aromatic rings. The average Bonchev–Trinajstić information content (AvgIpc) is 2.43. The van der Waals surface area contributed by atoms with Crippen LogP contribution in [0.25, 0.3) is 6.08 Å². The summed E-state index contributed by atoms with van der Waals surface area (Å²) in [6.07, 6.45) is 2.75. The standard InChI is InChI=1S/C13H15F2NO4/c1-19-11-8-9(2-4-10(11)20-13(14)15)3-5-12(18)16-6-7-17/h2-5,8,13,17H,6-7H2,1H3,(H,16,18)/b5-3+. The number of halogens is 2. The molecule has 0 aliphatic rings. The minimum absolute atomic E-state index is 0.0793. The molecule has 5 nitrogen and oxygen atoms in total. The van der Waals surface area contributed by atoms with Crippen molar-refractivity contribution in [3.8, 4) is 11.5 Å². The lowest BCUT2D eigenvalue weighted by Crippen LogP contribution is -2.24. The van der Waals surface area contributed by atoms with Gasteiger partial charge in [0, 0.05) is 12.6 Å². The van der Waals surface area contributed by atoms with Gasteiger partial charge in [0.25, 0.3) is 0 Å². The Morgan fingerprint density at radius 1 is 1.45 bits per heavy atom. The van der Waals surface area contributed by atoms with Crippen LogP contribution in [0.5, 0.6) is 11.5 Å². The van der Waals surface area contributed by atoms with Crippen molar-refractivity contribution in [3.05, 3.63) is 29.8 Å². The van der Waals surface area contributed by atoms with Gasteiger partial charge in [-0.1, -0.05) is 6.07 Å². The Hall–Kier alpha value is -2.15. The molecular weight excluding hydrogens is 272 g/mol. The molecule has 0 heterocycles. The molecule has 0 fully saturated rings. The summed E-state index contributed by atoms with van der Waals surface area (Å²) in [6, 6.07) is 4.31. The second kappa shape index (κ2) is 8.11. The molecule has 2 N–H and O–H groups in total. The number of nitrogens with one attached hydrogen (secondary N) is 1. The van der Waals surface area contributed by atoms with Gasteiger partial charge in [-0.3, -0.25) is 4.79 Å². The maximum Gasteiger partial charge on any atom is 0.387 e. The second-order valence-corrected chi connectivity index (χ2v) is 3.64. The molecule has 0 spiro atoms. The maximum absolute atomic E-state index is 12.1. The van der Waals surface area contributed by atoms with Crippen molar-refractivity contribution in [1.82, 2.24) is 5.32 Å². The molecule has 1 amide bonds. The number of ether oxygens (including phenoxy) is 2. The molecule has 0 aliphatic carbocycles. The molecule has 1 aromatic carbocycles. The molecule has 7 heteroatoms. The molecule has 0 bridgehead atoms. The third-order valence-corrected chi connectivity index (χ3v) is 2.24. The number of alkyl halides is 2. The van der Waals surface area contributed by atoms with E-state index in [1.54, 1.807) is 0 Å². The van der Waals surface area contributed by atoms with Crippen molar-refractivity contribution < 1.29 is 28.2 Å². The lowest BCUT2D eigenvalue weighted by molar-refractivity contribution is -0.116. The normalized spacial score (nSPS) is 10.8. The lowest BCUT2D eigenvalue weighted by Gasteiger charge is -2.10. The van der Waals surface area contributed by atoms with Crippen LogP contribution in [0, 0.1) is 0 Å². The monoisotopic (exact) mass is 287 g/mol. The highest BCUT2D eigenvalue weighted by Crippen LogP contribution is 2.29. The molecule has 0 radical (unpaired) electrons. The topological polar surface area (TPSA) is 67.8 Å². The van der Waals surface area contributed by atoms with E-state index in [9.17, 15) is 13.6 Å². The Bertz CT molecular complexity index is 477. The van der Waals surface area contributed by atoms with Gasteiger partial charge >= 0.3 is 6.61 Å². The summed E-state index contributed by atoms with van der Waals surface area (Å²) in [6.45, 7) is -2.92. The SMILES string of the molecule is COc1cc(/C=C/C(=O)NCCO)ccc1OC(F)F. The average molecular weight is 287 g/mol. The fourth-order valence-electron chi connectivity index (χ4n) is 1.39. The number of methoxy groups -OCH3 is 1. The molecule has 20 heavy (non-hydrogen) atoms. The van der Waals surface area contributed by atoms with E-state index in [1.807, 2.05) is 0 Å². The zero-order chi connectivity index (χ0) is 15.0. The Balaban J connectivity index is 2.77. The molecule has 0 aliphatic heterocycles. The van der Waals surface area contributed by atoms with E-state index in [1.165, 1.54) is 37.5 Å². The fraction of sp³-hybridized carbons (Fsp3) is 0.308. The van der Waals surface area contributed by atoms with E-state index >= 15 is 0 Å². The van der Waals surface area contributed by atoms with Gasteiger partial charge < -0.3 is 19.9 Å². The number of hydrogen-bond acceptors (Lipinski definition) is 4. The second-order valence-electron chi connectivity index (χ2n) is 3.64. The number of aliphatic hydroxyl groups excluding tert-OH is 1. The van der Waals surface area contributed by atoms with Crippen LogP contribution in [0.2, 0.25) is 0 Å². The van der Waals surface area contributed by atoms with E-state index in [0.717, 1.165) is 0 Å². The first-order valence-corrected chi connectivity index (χ1v) is 5.76. The van der Waals surface area contributed by atoms with Crippen molar-refractivity contribution in [1.29, 1.82) is 0 Å². The van der Waals surface area contributed by atoms with Gasteiger partial charge in [-0.2, -0.15) is 8.78 Å². The molecule has 1 rings (SSSR count). The molecular formula is C13H15F2NO4. The number of carbonyl (C=O) groups is 1. The lowest BCUT2D eigenvalue weighted by atomic mass is 10.2.